The van der Waals surface area contributed by atoms with Crippen LogP contribution >= 0.6 is 0 Å². The lowest BCUT2D eigenvalue weighted by Gasteiger charge is -2.19. The predicted octanol–water partition coefficient (Wildman–Crippen LogP) is 10.5. The number of anilines is 1. The second-order valence-electron chi connectivity index (χ2n) is 10.5. The van der Waals surface area contributed by atoms with Gasteiger partial charge >= 0.3 is 0 Å². The average molecular weight is 507 g/mol. The Morgan fingerprint density at radius 1 is 0.622 bits per heavy atom. The van der Waals surface area contributed by atoms with Crippen molar-refractivity contribution in [1.29, 1.82) is 0 Å². The highest BCUT2D eigenvalue weighted by molar-refractivity contribution is 5.70. The molecule has 0 aliphatic heterocycles. The molecule has 0 fully saturated rings. The van der Waals surface area contributed by atoms with E-state index in [0.717, 1.165) is 17.7 Å². The molecule has 0 N–H and O–H groups in total. The van der Waals surface area contributed by atoms with Gasteiger partial charge in [-0.2, -0.15) is 0 Å². The van der Waals surface area contributed by atoms with Crippen LogP contribution in [0.4, 0.5) is 11.4 Å². The molecule has 0 spiro atoms. The Labute approximate surface area is 226 Å². The van der Waals surface area contributed by atoms with Crippen LogP contribution in [0.25, 0.3) is 12.2 Å². The molecule has 2 rings (SSSR count). The van der Waals surface area contributed by atoms with Gasteiger partial charge in [-0.05, 0) is 41.8 Å². The number of benzene rings is 2. The molecule has 4 heteroatoms. The third kappa shape index (κ3) is 14.0. The summed E-state index contributed by atoms with van der Waals surface area (Å²) in [7, 11) is 2.17. The van der Waals surface area contributed by atoms with Crippen LogP contribution in [0.15, 0.2) is 48.5 Å². The van der Waals surface area contributed by atoms with Gasteiger partial charge in [0.05, 0.1) is 4.92 Å². The maximum atomic E-state index is 10.8. The molecule has 37 heavy (non-hydrogen) atoms. The number of rotatable bonds is 21. The Morgan fingerprint density at radius 2 is 1.00 bits per heavy atom. The van der Waals surface area contributed by atoms with E-state index in [4.69, 9.17) is 0 Å². The summed E-state index contributed by atoms with van der Waals surface area (Å²) in [5.74, 6) is 0. The van der Waals surface area contributed by atoms with E-state index in [0.29, 0.717) is 0 Å². The van der Waals surface area contributed by atoms with E-state index >= 15 is 0 Å². The lowest BCUT2D eigenvalue weighted by atomic mass is 10.0. The summed E-state index contributed by atoms with van der Waals surface area (Å²) in [6.45, 7) is 3.38. The van der Waals surface area contributed by atoms with Crippen molar-refractivity contribution < 1.29 is 4.92 Å². The highest BCUT2D eigenvalue weighted by Gasteiger charge is 2.03. The van der Waals surface area contributed by atoms with Gasteiger partial charge in [0.2, 0.25) is 0 Å². The monoisotopic (exact) mass is 506 g/mol. The van der Waals surface area contributed by atoms with Gasteiger partial charge < -0.3 is 4.90 Å². The summed E-state index contributed by atoms with van der Waals surface area (Å²) in [5.41, 5.74) is 3.44. The number of nitro benzene ring substituents is 1. The van der Waals surface area contributed by atoms with E-state index in [1.54, 1.807) is 12.1 Å². The van der Waals surface area contributed by atoms with Crippen molar-refractivity contribution in [2.75, 3.05) is 18.5 Å². The Hall–Kier alpha value is -2.62. The SMILES string of the molecule is CCCCCCCCCCCCCCCCCCN(C)c1ccc(C=Cc2ccc([N+](=O)[O-])cc2)cc1. The van der Waals surface area contributed by atoms with Crippen molar-refractivity contribution in [2.45, 2.75) is 110 Å². The van der Waals surface area contributed by atoms with Gasteiger partial charge in [-0.3, -0.25) is 10.1 Å². The maximum absolute atomic E-state index is 10.8. The van der Waals surface area contributed by atoms with Crippen LogP contribution in [0.1, 0.15) is 121 Å². The molecule has 0 amide bonds. The first-order chi connectivity index (χ1) is 18.1. The molecule has 0 aliphatic rings. The van der Waals surface area contributed by atoms with Crippen molar-refractivity contribution in [1.82, 2.24) is 0 Å². The Kier molecular flexibility index (Phi) is 16.1. The van der Waals surface area contributed by atoms with Gasteiger partial charge in [-0.1, -0.05) is 128 Å². The molecule has 2 aromatic rings. The number of non-ortho nitro benzene ring substituents is 1. The van der Waals surface area contributed by atoms with Gasteiger partial charge in [0.25, 0.3) is 5.69 Å². The van der Waals surface area contributed by atoms with E-state index in [1.807, 2.05) is 12.2 Å². The van der Waals surface area contributed by atoms with Crippen LogP contribution < -0.4 is 4.90 Å². The number of hydrogen-bond donors (Lipinski definition) is 0. The Balaban J connectivity index is 1.48. The van der Waals surface area contributed by atoms with E-state index in [2.05, 4.69) is 43.1 Å². The summed E-state index contributed by atoms with van der Waals surface area (Å²) >= 11 is 0. The molecule has 0 unspecified atom stereocenters. The second-order valence-corrected chi connectivity index (χ2v) is 10.5. The summed E-state index contributed by atoms with van der Waals surface area (Å²) in [5, 5.41) is 10.8. The van der Waals surface area contributed by atoms with E-state index in [9.17, 15) is 10.1 Å². The fourth-order valence-corrected chi connectivity index (χ4v) is 4.77. The number of hydrogen-bond acceptors (Lipinski definition) is 3. The molecule has 4 nitrogen and oxygen atoms in total. The Morgan fingerprint density at radius 3 is 1.41 bits per heavy atom. The van der Waals surface area contributed by atoms with Crippen molar-refractivity contribution in [3.8, 4) is 0 Å². The number of nitro groups is 1. The van der Waals surface area contributed by atoms with Crippen molar-refractivity contribution in [3.63, 3.8) is 0 Å². The molecule has 0 saturated carbocycles. The number of unbranched alkanes of at least 4 members (excludes halogenated alkanes) is 15. The van der Waals surface area contributed by atoms with Crippen LogP contribution in [-0.4, -0.2) is 18.5 Å². The summed E-state index contributed by atoms with van der Waals surface area (Å²) < 4.78 is 0. The minimum absolute atomic E-state index is 0.119. The van der Waals surface area contributed by atoms with Crippen molar-refractivity contribution in [2.24, 2.45) is 0 Å². The van der Waals surface area contributed by atoms with Gasteiger partial charge in [0.15, 0.2) is 0 Å². The van der Waals surface area contributed by atoms with Gasteiger partial charge in [0.1, 0.15) is 0 Å². The van der Waals surface area contributed by atoms with Crippen molar-refractivity contribution in [3.05, 3.63) is 69.8 Å². The normalized spacial score (nSPS) is 11.3. The quantitative estimate of drug-likeness (QED) is 0.0732. The van der Waals surface area contributed by atoms with Crippen LogP contribution in [0.5, 0.6) is 0 Å². The molecule has 0 aromatic heterocycles. The summed E-state index contributed by atoms with van der Waals surface area (Å²) in [4.78, 5) is 12.7. The van der Waals surface area contributed by atoms with Crippen molar-refractivity contribution >= 4 is 23.5 Å². The number of nitrogens with zero attached hydrogens (tertiary/aromatic N) is 2. The van der Waals surface area contributed by atoms with Crippen LogP contribution in [0.2, 0.25) is 0 Å². The van der Waals surface area contributed by atoms with Gasteiger partial charge in [0, 0.05) is 31.4 Å². The first kappa shape index (κ1) is 30.6. The third-order valence-electron chi connectivity index (χ3n) is 7.25. The fraction of sp³-hybridized carbons (Fsp3) is 0.576. The minimum atomic E-state index is -0.372. The topological polar surface area (TPSA) is 46.4 Å². The smallest absolute Gasteiger partial charge is 0.269 e. The van der Waals surface area contributed by atoms with Gasteiger partial charge in [-0.25, -0.2) is 0 Å². The predicted molar refractivity (Wildman–Crippen MR) is 161 cm³/mol. The lowest BCUT2D eigenvalue weighted by Crippen LogP contribution is -2.18. The van der Waals surface area contributed by atoms with Crippen LogP contribution in [-0.2, 0) is 0 Å². The zero-order valence-corrected chi connectivity index (χ0v) is 23.5. The standard InChI is InChI=1S/C33H50N2O2/c1-3-4-5-6-7-8-9-10-11-12-13-14-15-16-17-18-29-34(2)32-25-21-30(22-26-32)19-20-31-23-27-33(28-24-31)35(36)37/h19-28H,3-18,29H2,1-2H3. The first-order valence-electron chi connectivity index (χ1n) is 14.8. The van der Waals surface area contributed by atoms with Crippen LogP contribution in [0, 0.1) is 10.1 Å². The van der Waals surface area contributed by atoms with E-state index in [-0.39, 0.29) is 10.6 Å². The largest absolute Gasteiger partial charge is 0.375 e. The summed E-state index contributed by atoms with van der Waals surface area (Å²) in [6, 6.07) is 15.2. The summed E-state index contributed by atoms with van der Waals surface area (Å²) in [6.07, 6.45) is 26.5. The van der Waals surface area contributed by atoms with E-state index < -0.39 is 0 Å². The molecular weight excluding hydrogens is 456 g/mol. The second kappa shape index (κ2) is 19.5. The van der Waals surface area contributed by atoms with Crippen LogP contribution in [0.3, 0.4) is 0 Å². The maximum Gasteiger partial charge on any atom is 0.269 e. The zero-order valence-electron chi connectivity index (χ0n) is 23.5. The molecule has 0 saturated heterocycles. The molecule has 0 heterocycles. The Bertz CT molecular complexity index is 874. The molecule has 204 valence electrons. The minimum Gasteiger partial charge on any atom is -0.375 e. The lowest BCUT2D eigenvalue weighted by molar-refractivity contribution is -0.384. The van der Waals surface area contributed by atoms with Gasteiger partial charge in [-0.15, -0.1) is 0 Å². The average Bonchev–Trinajstić information content (AvgIpc) is 2.92. The molecule has 0 atom stereocenters. The molecular formula is C33H50N2O2. The first-order valence-corrected chi connectivity index (χ1v) is 14.8. The highest BCUT2D eigenvalue weighted by Crippen LogP contribution is 2.19. The molecule has 0 radical (unpaired) electrons. The van der Waals surface area contributed by atoms with E-state index in [1.165, 1.54) is 121 Å². The zero-order chi connectivity index (χ0) is 26.6. The highest BCUT2D eigenvalue weighted by atomic mass is 16.6. The third-order valence-corrected chi connectivity index (χ3v) is 7.25. The fourth-order valence-electron chi connectivity index (χ4n) is 4.77. The molecule has 2 aromatic carbocycles. The molecule has 0 aliphatic carbocycles. The molecule has 0 bridgehead atoms.